The minimum atomic E-state index is -0.0927. The van der Waals surface area contributed by atoms with Crippen molar-refractivity contribution in [3.63, 3.8) is 0 Å². The molecule has 1 heterocycles. The Hall–Kier alpha value is -1.75. The molecular formula is C13H18N2O3. The molecule has 0 aliphatic carbocycles. The molecule has 0 spiro atoms. The first-order valence-electron chi connectivity index (χ1n) is 6.20. The number of nitrogens with one attached hydrogen (secondary N) is 2. The molecule has 0 saturated heterocycles. The molecule has 1 aromatic rings. The van der Waals surface area contributed by atoms with Gasteiger partial charge in [-0.2, -0.15) is 0 Å². The van der Waals surface area contributed by atoms with Crippen molar-refractivity contribution in [3.8, 4) is 11.5 Å². The highest BCUT2D eigenvalue weighted by atomic mass is 16.6. The lowest BCUT2D eigenvalue weighted by Crippen LogP contribution is -2.31. The lowest BCUT2D eigenvalue weighted by molar-refractivity contribution is 0.0952. The van der Waals surface area contributed by atoms with Crippen LogP contribution in [0.4, 0.5) is 0 Å². The number of hydrogen-bond donors (Lipinski definition) is 2. The summed E-state index contributed by atoms with van der Waals surface area (Å²) in [6.07, 6.45) is 0. The third-order valence-electron chi connectivity index (χ3n) is 2.64. The van der Waals surface area contributed by atoms with Crippen LogP contribution in [0.25, 0.3) is 0 Å². The van der Waals surface area contributed by atoms with Gasteiger partial charge in [-0.1, -0.05) is 6.92 Å². The van der Waals surface area contributed by atoms with E-state index in [0.29, 0.717) is 36.8 Å². The van der Waals surface area contributed by atoms with Gasteiger partial charge in [0.2, 0.25) is 0 Å². The molecule has 0 fully saturated rings. The average molecular weight is 250 g/mol. The Bertz CT molecular complexity index is 421. The van der Waals surface area contributed by atoms with E-state index in [-0.39, 0.29) is 5.91 Å². The van der Waals surface area contributed by atoms with Gasteiger partial charge in [0.25, 0.3) is 5.91 Å². The van der Waals surface area contributed by atoms with E-state index in [0.717, 1.165) is 13.1 Å². The monoisotopic (exact) mass is 250 g/mol. The van der Waals surface area contributed by atoms with Crippen molar-refractivity contribution in [2.24, 2.45) is 0 Å². The van der Waals surface area contributed by atoms with Crippen LogP contribution >= 0.6 is 0 Å². The Kier molecular flexibility index (Phi) is 4.41. The number of fused-ring (bicyclic) bond motifs is 1. The van der Waals surface area contributed by atoms with Crippen molar-refractivity contribution in [3.05, 3.63) is 23.8 Å². The van der Waals surface area contributed by atoms with Crippen LogP contribution in [0.5, 0.6) is 11.5 Å². The van der Waals surface area contributed by atoms with E-state index in [1.807, 2.05) is 6.92 Å². The minimum absolute atomic E-state index is 0.0927. The van der Waals surface area contributed by atoms with Crippen molar-refractivity contribution in [1.82, 2.24) is 10.6 Å². The second-order valence-electron chi connectivity index (χ2n) is 3.97. The Morgan fingerprint density at radius 1 is 1.22 bits per heavy atom. The van der Waals surface area contributed by atoms with Gasteiger partial charge in [-0.05, 0) is 24.7 Å². The Morgan fingerprint density at radius 2 is 2.00 bits per heavy atom. The molecule has 98 valence electrons. The lowest BCUT2D eigenvalue weighted by Gasteiger charge is -2.18. The molecule has 1 aliphatic heterocycles. The van der Waals surface area contributed by atoms with Crippen LogP contribution in [0.15, 0.2) is 18.2 Å². The smallest absolute Gasteiger partial charge is 0.251 e. The molecule has 0 atom stereocenters. The fourth-order valence-corrected chi connectivity index (χ4v) is 1.73. The number of amides is 1. The maximum absolute atomic E-state index is 11.9. The van der Waals surface area contributed by atoms with Crippen LogP contribution in [-0.4, -0.2) is 38.8 Å². The van der Waals surface area contributed by atoms with Gasteiger partial charge in [-0.15, -0.1) is 0 Å². The number of benzene rings is 1. The largest absolute Gasteiger partial charge is 0.486 e. The average Bonchev–Trinajstić information content (AvgIpc) is 2.43. The van der Waals surface area contributed by atoms with E-state index in [1.165, 1.54) is 0 Å². The number of likely N-dealkylation sites (N-methyl/N-ethyl adjacent to an activating group) is 1. The van der Waals surface area contributed by atoms with Gasteiger partial charge in [-0.3, -0.25) is 4.79 Å². The second-order valence-corrected chi connectivity index (χ2v) is 3.97. The summed E-state index contributed by atoms with van der Waals surface area (Å²) in [5.74, 6) is 1.25. The SMILES string of the molecule is CCNCCNC(=O)c1ccc2c(c1)OCCO2. The van der Waals surface area contributed by atoms with E-state index in [9.17, 15) is 4.79 Å². The molecule has 0 unspecified atom stereocenters. The minimum Gasteiger partial charge on any atom is -0.486 e. The fraction of sp³-hybridized carbons (Fsp3) is 0.462. The maximum Gasteiger partial charge on any atom is 0.251 e. The zero-order valence-corrected chi connectivity index (χ0v) is 10.5. The summed E-state index contributed by atoms with van der Waals surface area (Å²) in [6.45, 7) is 5.40. The van der Waals surface area contributed by atoms with E-state index >= 15 is 0 Å². The number of hydrogen-bond acceptors (Lipinski definition) is 4. The second kappa shape index (κ2) is 6.26. The summed E-state index contributed by atoms with van der Waals surface area (Å²) in [6, 6.07) is 5.24. The quantitative estimate of drug-likeness (QED) is 0.759. The molecule has 0 saturated carbocycles. The Morgan fingerprint density at radius 3 is 2.78 bits per heavy atom. The Balaban J connectivity index is 1.94. The van der Waals surface area contributed by atoms with Crippen LogP contribution in [-0.2, 0) is 0 Å². The van der Waals surface area contributed by atoms with Crippen LogP contribution in [0.3, 0.4) is 0 Å². The van der Waals surface area contributed by atoms with Gasteiger partial charge in [-0.25, -0.2) is 0 Å². The van der Waals surface area contributed by atoms with Crippen LogP contribution in [0.1, 0.15) is 17.3 Å². The van der Waals surface area contributed by atoms with Gasteiger partial charge in [0.05, 0.1) is 0 Å². The van der Waals surface area contributed by atoms with Crippen LogP contribution in [0.2, 0.25) is 0 Å². The summed E-state index contributed by atoms with van der Waals surface area (Å²) in [5.41, 5.74) is 0.593. The molecule has 18 heavy (non-hydrogen) atoms. The number of carbonyl (C=O) groups excluding carboxylic acids is 1. The summed E-state index contributed by atoms with van der Waals surface area (Å²) in [5, 5.41) is 5.99. The van der Waals surface area contributed by atoms with Gasteiger partial charge >= 0.3 is 0 Å². The van der Waals surface area contributed by atoms with Crippen molar-refractivity contribution in [2.75, 3.05) is 32.8 Å². The van der Waals surface area contributed by atoms with Gasteiger partial charge < -0.3 is 20.1 Å². The van der Waals surface area contributed by atoms with Crippen molar-refractivity contribution in [2.45, 2.75) is 6.92 Å². The topological polar surface area (TPSA) is 59.6 Å². The molecule has 0 radical (unpaired) electrons. The highest BCUT2D eigenvalue weighted by molar-refractivity contribution is 5.94. The molecule has 1 amide bonds. The van der Waals surface area contributed by atoms with Gasteiger partial charge in [0.1, 0.15) is 13.2 Å². The molecule has 5 heteroatoms. The highest BCUT2D eigenvalue weighted by Gasteiger charge is 2.14. The summed E-state index contributed by atoms with van der Waals surface area (Å²) >= 11 is 0. The van der Waals surface area contributed by atoms with Crippen LogP contribution in [0, 0.1) is 0 Å². The van der Waals surface area contributed by atoms with Gasteiger partial charge in [0, 0.05) is 18.7 Å². The molecule has 1 aromatic carbocycles. The van der Waals surface area contributed by atoms with Crippen molar-refractivity contribution >= 4 is 5.91 Å². The van der Waals surface area contributed by atoms with E-state index < -0.39 is 0 Å². The van der Waals surface area contributed by atoms with Crippen molar-refractivity contribution < 1.29 is 14.3 Å². The zero-order chi connectivity index (χ0) is 12.8. The van der Waals surface area contributed by atoms with Crippen molar-refractivity contribution in [1.29, 1.82) is 0 Å². The number of ether oxygens (including phenoxy) is 2. The normalized spacial score (nSPS) is 13.2. The first-order valence-corrected chi connectivity index (χ1v) is 6.20. The summed E-state index contributed by atoms with van der Waals surface area (Å²) in [7, 11) is 0. The fourth-order valence-electron chi connectivity index (χ4n) is 1.73. The summed E-state index contributed by atoms with van der Waals surface area (Å²) in [4.78, 5) is 11.9. The number of rotatable bonds is 5. The van der Waals surface area contributed by atoms with Gasteiger partial charge in [0.15, 0.2) is 11.5 Å². The van der Waals surface area contributed by atoms with E-state index in [2.05, 4.69) is 10.6 Å². The number of carbonyl (C=O) groups is 1. The van der Waals surface area contributed by atoms with E-state index in [4.69, 9.17) is 9.47 Å². The molecule has 2 rings (SSSR count). The standard InChI is InChI=1S/C13H18N2O3/c1-2-14-5-6-15-13(16)10-3-4-11-12(9-10)18-8-7-17-11/h3-4,9,14H,2,5-8H2,1H3,(H,15,16). The predicted molar refractivity (Wildman–Crippen MR) is 68.3 cm³/mol. The molecule has 5 nitrogen and oxygen atoms in total. The predicted octanol–water partition coefficient (Wildman–Crippen LogP) is 0.797. The molecular weight excluding hydrogens is 232 g/mol. The molecule has 0 bridgehead atoms. The first kappa shape index (κ1) is 12.7. The molecule has 0 aromatic heterocycles. The third kappa shape index (κ3) is 3.13. The molecule has 2 N–H and O–H groups in total. The van der Waals surface area contributed by atoms with E-state index in [1.54, 1.807) is 18.2 Å². The molecule has 1 aliphatic rings. The Labute approximate surface area is 106 Å². The lowest BCUT2D eigenvalue weighted by atomic mass is 10.2. The zero-order valence-electron chi connectivity index (χ0n) is 10.5. The maximum atomic E-state index is 11.9. The first-order chi connectivity index (χ1) is 8.81. The third-order valence-corrected chi connectivity index (χ3v) is 2.64. The highest BCUT2D eigenvalue weighted by Crippen LogP contribution is 2.30. The van der Waals surface area contributed by atoms with Crippen LogP contribution < -0.4 is 20.1 Å². The summed E-state index contributed by atoms with van der Waals surface area (Å²) < 4.78 is 10.8.